The molecule has 4 heterocycles. The maximum Gasteiger partial charge on any atom is 0.0638 e. The molecule has 0 bridgehead atoms. The summed E-state index contributed by atoms with van der Waals surface area (Å²) in [5.74, 6) is 0.227. The number of allylic oxidation sites excluding steroid dienone is 3. The maximum atomic E-state index is 2.73. The molecule has 0 fully saturated rings. The van der Waals surface area contributed by atoms with E-state index < -0.39 is 0 Å². The van der Waals surface area contributed by atoms with E-state index >= 15 is 0 Å². The molecule has 2 aliphatic carbocycles. The van der Waals surface area contributed by atoms with E-state index in [1.165, 1.54) is 94.8 Å². The first-order valence-electron chi connectivity index (χ1n) is 21.7. The lowest BCUT2D eigenvalue weighted by atomic mass is 9.72. The van der Waals surface area contributed by atoms with Crippen LogP contribution in [0.2, 0.25) is 0 Å². The first-order valence-corrected chi connectivity index (χ1v) is 21.7. The largest absolute Gasteiger partial charge is 0.336 e. The smallest absolute Gasteiger partial charge is 0.0638 e. The second kappa shape index (κ2) is 12.6. The van der Waals surface area contributed by atoms with E-state index in [0.717, 1.165) is 17.8 Å². The molecule has 3 atom stereocenters. The summed E-state index contributed by atoms with van der Waals surface area (Å²) in [5, 5.41) is 3.90. The molecule has 4 aliphatic rings. The minimum atomic E-state index is -0.219. The van der Waals surface area contributed by atoms with Crippen molar-refractivity contribution in [1.82, 2.24) is 4.40 Å². The van der Waals surface area contributed by atoms with Crippen molar-refractivity contribution in [2.24, 2.45) is 0 Å². The first kappa shape index (κ1) is 34.6. The van der Waals surface area contributed by atoms with Crippen molar-refractivity contribution in [2.45, 2.75) is 44.6 Å². The third-order valence-corrected chi connectivity index (χ3v) is 14.2. The lowest BCUT2D eigenvalue weighted by Crippen LogP contribution is -2.38. The van der Waals surface area contributed by atoms with Gasteiger partial charge in [0.1, 0.15) is 0 Å². The topological polar surface area (TPSA) is 14.1 Å². The molecular formula is C57H44N4. The number of benzene rings is 7. The van der Waals surface area contributed by atoms with Crippen molar-refractivity contribution in [3.05, 3.63) is 221 Å². The predicted octanol–water partition coefficient (Wildman–Crippen LogP) is 14.5. The number of aromatic nitrogens is 1. The first-order chi connectivity index (χ1) is 30.0. The van der Waals surface area contributed by atoms with Crippen LogP contribution in [0, 0.1) is 13.8 Å². The fourth-order valence-corrected chi connectivity index (χ4v) is 11.4. The third-order valence-electron chi connectivity index (χ3n) is 14.2. The third kappa shape index (κ3) is 4.70. The van der Waals surface area contributed by atoms with E-state index in [-0.39, 0.29) is 17.4 Å². The van der Waals surface area contributed by atoms with Crippen molar-refractivity contribution in [1.29, 1.82) is 0 Å². The van der Waals surface area contributed by atoms with Crippen molar-refractivity contribution in [3.63, 3.8) is 0 Å². The summed E-state index contributed by atoms with van der Waals surface area (Å²) in [7, 11) is 0. The Morgan fingerprint density at radius 2 is 1.16 bits per heavy atom. The zero-order chi connectivity index (χ0) is 40.6. The Morgan fingerprint density at radius 3 is 1.85 bits per heavy atom. The SMILES string of the molecule is Cc1ccc(N(c2ccccc2)c2ccc3c4c2C2C=CC=CC2N4C2=Cc4c(n5c6ccccc6c6c(N(c7ccccc7)c7ccc(C)cc7)ccc4c65)CC23C)cc1. The van der Waals surface area contributed by atoms with Gasteiger partial charge in [0.05, 0.1) is 34.1 Å². The normalized spacial score (nSPS) is 19.3. The average molecular weight is 785 g/mol. The van der Waals surface area contributed by atoms with Crippen molar-refractivity contribution in [3.8, 4) is 0 Å². The standard InChI is InChI=1S/C57H44N4/c1-36-22-26-40(27-23-36)58(38-14-6-4-7-15-38)49-32-30-42-45-34-52-57(3,35-51(45)60-47-20-12-10-18-43(47)53(49)55(42)60)46-31-33-50(54-44-19-11-13-21-48(44)61(52)56(46)54)59(39-16-8-5-9-17-39)41-28-24-37(2)25-29-41/h4-34,44,48H,35H2,1-3H3. The van der Waals surface area contributed by atoms with Gasteiger partial charge in [-0.25, -0.2) is 0 Å². The minimum absolute atomic E-state index is 0.197. The van der Waals surface area contributed by atoms with E-state index in [9.17, 15) is 0 Å². The molecule has 4 heteroatoms. The van der Waals surface area contributed by atoms with Crippen LogP contribution in [0.25, 0.3) is 33.3 Å². The van der Waals surface area contributed by atoms with Crippen LogP contribution in [0.3, 0.4) is 0 Å². The lowest BCUT2D eigenvalue weighted by molar-refractivity contribution is 0.536. The molecule has 0 saturated heterocycles. The lowest BCUT2D eigenvalue weighted by Gasteiger charge is -2.37. The summed E-state index contributed by atoms with van der Waals surface area (Å²) < 4.78 is 2.62. The van der Waals surface area contributed by atoms with Gasteiger partial charge in [-0.3, -0.25) is 0 Å². The highest BCUT2D eigenvalue weighted by molar-refractivity contribution is 6.23. The Labute approximate surface area is 356 Å². The average Bonchev–Trinajstić information content (AvgIpc) is 4.00. The van der Waals surface area contributed by atoms with Crippen LogP contribution in [0.5, 0.6) is 0 Å². The van der Waals surface area contributed by atoms with Crippen molar-refractivity contribution in [2.75, 3.05) is 14.7 Å². The number of fused-ring (bicyclic) bond motifs is 12. The second-order valence-electron chi connectivity index (χ2n) is 17.7. The van der Waals surface area contributed by atoms with Crippen molar-refractivity contribution < 1.29 is 0 Å². The Hall–Kier alpha value is -7.30. The molecule has 2 aromatic heterocycles. The molecule has 13 rings (SSSR count). The number of rotatable bonds is 6. The van der Waals surface area contributed by atoms with Crippen LogP contribution in [0.1, 0.15) is 46.4 Å². The molecule has 4 nitrogen and oxygen atoms in total. The zero-order valence-corrected chi connectivity index (χ0v) is 34.5. The van der Waals surface area contributed by atoms with E-state index in [1.807, 2.05) is 0 Å². The summed E-state index contributed by atoms with van der Waals surface area (Å²) in [6.45, 7) is 6.83. The summed E-state index contributed by atoms with van der Waals surface area (Å²) in [6.07, 6.45) is 12.9. The van der Waals surface area contributed by atoms with Crippen molar-refractivity contribution >= 4 is 73.1 Å². The van der Waals surface area contributed by atoms with Crippen LogP contribution in [-0.2, 0) is 11.8 Å². The van der Waals surface area contributed by atoms with E-state index in [1.54, 1.807) is 0 Å². The van der Waals surface area contributed by atoms with Crippen LogP contribution in [-0.4, -0.2) is 10.4 Å². The molecule has 3 unspecified atom stereocenters. The summed E-state index contributed by atoms with van der Waals surface area (Å²) in [4.78, 5) is 7.65. The molecule has 61 heavy (non-hydrogen) atoms. The van der Waals surface area contributed by atoms with Gasteiger partial charge in [-0.2, -0.15) is 0 Å². The molecule has 0 amide bonds. The molecular weight excluding hydrogens is 741 g/mol. The highest BCUT2D eigenvalue weighted by atomic mass is 15.3. The number of hydrogen-bond acceptors (Lipinski definition) is 3. The van der Waals surface area contributed by atoms with Gasteiger partial charge in [-0.05, 0) is 99.1 Å². The molecule has 0 radical (unpaired) electrons. The van der Waals surface area contributed by atoms with Crippen LogP contribution in [0.15, 0.2) is 188 Å². The Kier molecular flexibility index (Phi) is 7.14. The van der Waals surface area contributed by atoms with E-state index in [0.29, 0.717) is 0 Å². The van der Waals surface area contributed by atoms with Gasteiger partial charge in [-0.1, -0.05) is 126 Å². The number of hydrogen-bond donors (Lipinski definition) is 0. The second-order valence-corrected chi connectivity index (χ2v) is 17.7. The Morgan fingerprint density at radius 1 is 0.574 bits per heavy atom. The van der Waals surface area contributed by atoms with Crippen LogP contribution >= 0.6 is 0 Å². The summed E-state index contributed by atoms with van der Waals surface area (Å²) >= 11 is 0. The molecule has 2 aliphatic heterocycles. The number of nitrogens with zero attached hydrogens (tertiary/aromatic N) is 4. The van der Waals surface area contributed by atoms with E-state index in [4.69, 9.17) is 0 Å². The van der Waals surface area contributed by atoms with Gasteiger partial charge in [0.15, 0.2) is 0 Å². The van der Waals surface area contributed by atoms with Gasteiger partial charge in [0.2, 0.25) is 0 Å². The monoisotopic (exact) mass is 784 g/mol. The Bertz CT molecular complexity index is 3320. The zero-order valence-electron chi connectivity index (χ0n) is 34.5. The summed E-state index contributed by atoms with van der Waals surface area (Å²) in [6, 6.07) is 58.6. The highest BCUT2D eigenvalue weighted by Crippen LogP contribution is 2.64. The van der Waals surface area contributed by atoms with Gasteiger partial charge in [0, 0.05) is 79.2 Å². The highest BCUT2D eigenvalue weighted by Gasteiger charge is 2.55. The molecule has 9 aromatic rings. The van der Waals surface area contributed by atoms with Crippen LogP contribution in [0.4, 0.5) is 39.8 Å². The number of aryl methyl sites for hydroxylation is 2. The fraction of sp³-hybridized carbons (Fsp3) is 0.123. The Balaban J connectivity index is 1.04. The van der Waals surface area contributed by atoms with Gasteiger partial charge < -0.3 is 19.1 Å². The van der Waals surface area contributed by atoms with Gasteiger partial charge in [0.25, 0.3) is 0 Å². The van der Waals surface area contributed by atoms with Crippen LogP contribution < -0.4 is 14.7 Å². The van der Waals surface area contributed by atoms with Gasteiger partial charge in [-0.15, -0.1) is 0 Å². The van der Waals surface area contributed by atoms with Gasteiger partial charge >= 0.3 is 0 Å². The van der Waals surface area contributed by atoms with E-state index in [2.05, 4.69) is 228 Å². The maximum absolute atomic E-state index is 2.73. The number of para-hydroxylation sites is 3. The molecule has 292 valence electrons. The quantitative estimate of drug-likeness (QED) is 0.167. The molecule has 0 N–H and O–H groups in total. The number of anilines is 7. The minimum Gasteiger partial charge on any atom is -0.336 e. The molecule has 0 spiro atoms. The predicted molar refractivity (Wildman–Crippen MR) is 255 cm³/mol. The fourth-order valence-electron chi connectivity index (χ4n) is 11.4. The molecule has 0 saturated carbocycles. The summed E-state index contributed by atoms with van der Waals surface area (Å²) in [5.41, 5.74) is 20.4. The molecule has 7 aromatic carbocycles.